The van der Waals surface area contributed by atoms with Gasteiger partial charge in [0.2, 0.25) is 5.24 Å². The molecule has 0 N–H and O–H groups in total. The Balaban J connectivity index is 1.56. The molecular weight excluding hydrogens is 385 g/mol. The van der Waals surface area contributed by atoms with Gasteiger partial charge in [-0.1, -0.05) is 41.9 Å². The lowest BCUT2D eigenvalue weighted by atomic mass is 10.1. The van der Waals surface area contributed by atoms with Gasteiger partial charge in [-0.05, 0) is 41.8 Å². The van der Waals surface area contributed by atoms with Crippen molar-refractivity contribution in [2.75, 3.05) is 26.2 Å². The van der Waals surface area contributed by atoms with Gasteiger partial charge in [-0.2, -0.15) is 0 Å². The van der Waals surface area contributed by atoms with Crippen LogP contribution in [0.1, 0.15) is 29.2 Å². The first-order valence-electron chi connectivity index (χ1n) is 9.02. The van der Waals surface area contributed by atoms with Gasteiger partial charge in [-0.3, -0.25) is 9.69 Å². The lowest BCUT2D eigenvalue weighted by molar-refractivity contribution is -0.112. The summed E-state index contributed by atoms with van der Waals surface area (Å²) in [6.07, 6.45) is 0.354. The third-order valence-corrected chi connectivity index (χ3v) is 5.42. The first-order chi connectivity index (χ1) is 13.0. The van der Waals surface area contributed by atoms with E-state index >= 15 is 0 Å². The van der Waals surface area contributed by atoms with E-state index in [0.717, 1.165) is 40.6 Å². The van der Waals surface area contributed by atoms with Crippen molar-refractivity contribution in [3.8, 4) is 5.75 Å². The van der Waals surface area contributed by atoms with E-state index in [1.54, 1.807) is 0 Å². The van der Waals surface area contributed by atoms with E-state index in [2.05, 4.69) is 4.90 Å². The minimum absolute atomic E-state index is 0.00977. The molecule has 0 amide bonds. The minimum Gasteiger partial charge on any atom is -0.489 e. The summed E-state index contributed by atoms with van der Waals surface area (Å²) >= 11 is 11.8. The van der Waals surface area contributed by atoms with E-state index in [4.69, 9.17) is 32.7 Å². The first kappa shape index (κ1) is 20.2. The minimum atomic E-state index is -0.298. The Kier molecular flexibility index (Phi) is 7.13. The van der Waals surface area contributed by atoms with Gasteiger partial charge in [-0.15, -0.1) is 0 Å². The Morgan fingerprint density at radius 1 is 1.26 bits per heavy atom. The number of carbonyl (C=O) groups excluding carboxylic acids is 1. The molecule has 0 aliphatic carbocycles. The fourth-order valence-corrected chi connectivity index (χ4v) is 3.38. The van der Waals surface area contributed by atoms with Crippen LogP contribution in [0.2, 0.25) is 5.02 Å². The molecule has 0 aromatic heterocycles. The van der Waals surface area contributed by atoms with E-state index in [1.807, 2.05) is 49.4 Å². The Bertz CT molecular complexity index is 779. The molecule has 0 saturated carbocycles. The third-order valence-electron chi connectivity index (χ3n) is 4.69. The molecule has 1 unspecified atom stereocenters. The van der Waals surface area contributed by atoms with Crippen LogP contribution in [0.4, 0.5) is 0 Å². The van der Waals surface area contributed by atoms with Gasteiger partial charge >= 0.3 is 0 Å². The SMILES string of the molecule is Cc1cccc(COc2ccc(C3CN(CCC(=O)Cl)CCO3)cc2)c1Cl. The highest BCUT2D eigenvalue weighted by molar-refractivity contribution is 6.63. The first-order valence-corrected chi connectivity index (χ1v) is 9.77. The zero-order valence-electron chi connectivity index (χ0n) is 15.3. The summed E-state index contributed by atoms with van der Waals surface area (Å²) in [4.78, 5) is 13.2. The number of hydrogen-bond donors (Lipinski definition) is 0. The number of ether oxygens (including phenoxy) is 2. The standard InChI is InChI=1S/C21H23Cl2NO3/c1-15-3-2-4-17(21(15)23)14-27-18-7-5-16(6-8-18)19-13-24(11-12-26-19)10-9-20(22)25/h2-8,19H,9-14H2,1H3. The predicted octanol–water partition coefficient (Wildman–Crippen LogP) is 4.76. The van der Waals surface area contributed by atoms with Gasteiger partial charge < -0.3 is 9.47 Å². The van der Waals surface area contributed by atoms with Crippen molar-refractivity contribution in [3.63, 3.8) is 0 Å². The van der Waals surface area contributed by atoms with Crippen LogP contribution in [0.5, 0.6) is 5.75 Å². The molecular formula is C21H23Cl2NO3. The molecule has 1 atom stereocenters. The van der Waals surface area contributed by atoms with Crippen molar-refractivity contribution in [2.45, 2.75) is 26.1 Å². The van der Waals surface area contributed by atoms with Crippen molar-refractivity contribution in [1.29, 1.82) is 0 Å². The maximum absolute atomic E-state index is 11.0. The number of hydrogen-bond acceptors (Lipinski definition) is 4. The van der Waals surface area contributed by atoms with Crippen LogP contribution in [0, 0.1) is 6.92 Å². The molecule has 2 aromatic carbocycles. The number of aryl methyl sites for hydroxylation is 1. The van der Waals surface area contributed by atoms with Gasteiger partial charge in [0.25, 0.3) is 0 Å². The Hall–Kier alpha value is -1.59. The second-order valence-corrected chi connectivity index (χ2v) is 7.47. The molecule has 0 bridgehead atoms. The summed E-state index contributed by atoms with van der Waals surface area (Å²) in [7, 11) is 0. The quantitative estimate of drug-likeness (QED) is 0.620. The second-order valence-electron chi connectivity index (χ2n) is 6.67. The molecule has 27 heavy (non-hydrogen) atoms. The second kappa shape index (κ2) is 9.56. The average molecular weight is 408 g/mol. The van der Waals surface area contributed by atoms with Crippen molar-refractivity contribution < 1.29 is 14.3 Å². The third kappa shape index (κ3) is 5.69. The highest BCUT2D eigenvalue weighted by Crippen LogP contribution is 2.26. The van der Waals surface area contributed by atoms with Crippen molar-refractivity contribution in [3.05, 3.63) is 64.2 Å². The van der Waals surface area contributed by atoms with Gasteiger partial charge in [0, 0.05) is 31.6 Å². The smallest absolute Gasteiger partial charge is 0.222 e. The van der Waals surface area contributed by atoms with Crippen LogP contribution in [-0.2, 0) is 16.1 Å². The van der Waals surface area contributed by atoms with Crippen molar-refractivity contribution in [2.24, 2.45) is 0 Å². The summed E-state index contributed by atoms with van der Waals surface area (Å²) in [6, 6.07) is 13.9. The molecule has 1 heterocycles. The Labute approximate surface area is 170 Å². The zero-order valence-corrected chi connectivity index (χ0v) is 16.8. The van der Waals surface area contributed by atoms with Crippen molar-refractivity contribution in [1.82, 2.24) is 4.90 Å². The molecule has 4 nitrogen and oxygen atoms in total. The zero-order chi connectivity index (χ0) is 19.2. The number of morpholine rings is 1. The van der Waals surface area contributed by atoms with Gasteiger partial charge in [0.15, 0.2) is 0 Å². The van der Waals surface area contributed by atoms with E-state index in [-0.39, 0.29) is 11.3 Å². The van der Waals surface area contributed by atoms with Crippen LogP contribution in [0.15, 0.2) is 42.5 Å². The predicted molar refractivity (Wildman–Crippen MR) is 108 cm³/mol. The maximum atomic E-state index is 11.0. The molecule has 144 valence electrons. The van der Waals surface area contributed by atoms with Crippen LogP contribution in [0.3, 0.4) is 0 Å². The number of halogens is 2. The number of benzene rings is 2. The fraction of sp³-hybridized carbons (Fsp3) is 0.381. The van der Waals surface area contributed by atoms with E-state index < -0.39 is 0 Å². The highest BCUT2D eigenvalue weighted by Gasteiger charge is 2.22. The number of rotatable bonds is 7. The monoisotopic (exact) mass is 407 g/mol. The molecule has 6 heteroatoms. The van der Waals surface area contributed by atoms with Crippen LogP contribution in [0.25, 0.3) is 0 Å². The summed E-state index contributed by atoms with van der Waals surface area (Å²) in [5, 5.41) is 0.452. The van der Waals surface area contributed by atoms with E-state index in [1.165, 1.54) is 0 Å². The largest absolute Gasteiger partial charge is 0.489 e. The normalized spacial score (nSPS) is 17.7. The molecule has 0 spiro atoms. The van der Waals surface area contributed by atoms with Gasteiger partial charge in [0.05, 0.1) is 17.7 Å². The lowest BCUT2D eigenvalue weighted by Crippen LogP contribution is -2.39. The average Bonchev–Trinajstić information content (AvgIpc) is 2.68. The lowest BCUT2D eigenvalue weighted by Gasteiger charge is -2.32. The molecule has 1 aliphatic rings. The Morgan fingerprint density at radius 3 is 2.78 bits per heavy atom. The van der Waals surface area contributed by atoms with Gasteiger partial charge in [0.1, 0.15) is 12.4 Å². The number of nitrogens with zero attached hydrogens (tertiary/aromatic N) is 1. The molecule has 1 aliphatic heterocycles. The fourth-order valence-electron chi connectivity index (χ4n) is 3.11. The van der Waals surface area contributed by atoms with Crippen LogP contribution in [-0.4, -0.2) is 36.4 Å². The molecule has 2 aromatic rings. The van der Waals surface area contributed by atoms with Crippen LogP contribution >= 0.6 is 23.2 Å². The van der Waals surface area contributed by atoms with Gasteiger partial charge in [-0.25, -0.2) is 0 Å². The summed E-state index contributed by atoms with van der Waals surface area (Å²) in [6.45, 7) is 5.30. The Morgan fingerprint density at radius 2 is 2.04 bits per heavy atom. The summed E-state index contributed by atoms with van der Waals surface area (Å²) in [5.41, 5.74) is 3.11. The summed E-state index contributed by atoms with van der Waals surface area (Å²) < 4.78 is 11.7. The van der Waals surface area contributed by atoms with E-state index in [0.29, 0.717) is 26.2 Å². The van der Waals surface area contributed by atoms with E-state index in [9.17, 15) is 4.79 Å². The maximum Gasteiger partial charge on any atom is 0.222 e. The van der Waals surface area contributed by atoms with Crippen molar-refractivity contribution >= 4 is 28.4 Å². The number of carbonyl (C=O) groups is 1. The molecule has 1 fully saturated rings. The molecule has 3 rings (SSSR count). The topological polar surface area (TPSA) is 38.8 Å². The molecule has 1 saturated heterocycles. The van der Waals surface area contributed by atoms with Crippen LogP contribution < -0.4 is 4.74 Å². The summed E-state index contributed by atoms with van der Waals surface area (Å²) in [5.74, 6) is 0.789. The highest BCUT2D eigenvalue weighted by atomic mass is 35.5. The molecule has 0 radical (unpaired) electrons.